The molecule has 0 fully saturated rings. The maximum absolute atomic E-state index is 6.18. The summed E-state index contributed by atoms with van der Waals surface area (Å²) in [5, 5.41) is 14.6. The highest BCUT2D eigenvalue weighted by atomic mass is 16.5. The first kappa shape index (κ1) is 17.1. The standard InChI is InChI=1S/C22H22N4O/c1-13-9-17(19-11-15(3)23-25-19)5-7-21(13)27-22-8-6-18(10-14(22)2)20-12-16(4)24-26-20/h5-12H,1-4H3,(H,23,25)(H,24,26). The molecule has 0 aliphatic carbocycles. The van der Waals surface area contributed by atoms with Gasteiger partial charge >= 0.3 is 0 Å². The van der Waals surface area contributed by atoms with E-state index in [0.29, 0.717) is 0 Å². The second-order valence-electron chi connectivity index (χ2n) is 6.94. The molecule has 0 spiro atoms. The van der Waals surface area contributed by atoms with Crippen molar-refractivity contribution in [2.75, 3.05) is 0 Å². The van der Waals surface area contributed by atoms with Crippen LogP contribution < -0.4 is 4.74 Å². The van der Waals surface area contributed by atoms with Crippen molar-refractivity contribution in [2.24, 2.45) is 0 Å². The minimum absolute atomic E-state index is 0.845. The fourth-order valence-corrected chi connectivity index (χ4v) is 3.10. The van der Waals surface area contributed by atoms with Crippen LogP contribution in [0.25, 0.3) is 22.5 Å². The molecule has 4 rings (SSSR count). The molecule has 2 aromatic heterocycles. The molecule has 136 valence electrons. The molecule has 4 aromatic rings. The van der Waals surface area contributed by atoms with Gasteiger partial charge in [0, 0.05) is 22.5 Å². The van der Waals surface area contributed by atoms with Crippen molar-refractivity contribution in [2.45, 2.75) is 27.7 Å². The Hall–Kier alpha value is -3.34. The molecule has 0 aliphatic heterocycles. The van der Waals surface area contributed by atoms with Crippen molar-refractivity contribution >= 4 is 0 Å². The number of aromatic nitrogens is 4. The topological polar surface area (TPSA) is 66.6 Å². The summed E-state index contributed by atoms with van der Waals surface area (Å²) in [5.41, 5.74) is 8.26. The van der Waals surface area contributed by atoms with E-state index in [2.05, 4.69) is 46.4 Å². The average Bonchev–Trinajstić information content (AvgIpc) is 3.27. The molecule has 0 unspecified atom stereocenters. The summed E-state index contributed by atoms with van der Waals surface area (Å²) >= 11 is 0. The van der Waals surface area contributed by atoms with Gasteiger partial charge in [0.2, 0.25) is 0 Å². The predicted molar refractivity (Wildman–Crippen MR) is 107 cm³/mol. The maximum Gasteiger partial charge on any atom is 0.130 e. The van der Waals surface area contributed by atoms with Gasteiger partial charge in [0.15, 0.2) is 0 Å². The third-order valence-corrected chi connectivity index (χ3v) is 4.57. The molecule has 0 saturated carbocycles. The van der Waals surface area contributed by atoms with Crippen LogP contribution in [0.15, 0.2) is 48.5 Å². The lowest BCUT2D eigenvalue weighted by Crippen LogP contribution is -1.92. The lowest BCUT2D eigenvalue weighted by atomic mass is 10.1. The minimum Gasteiger partial charge on any atom is -0.457 e. The lowest BCUT2D eigenvalue weighted by molar-refractivity contribution is 0.475. The fourth-order valence-electron chi connectivity index (χ4n) is 3.10. The first-order chi connectivity index (χ1) is 13.0. The van der Waals surface area contributed by atoms with E-state index < -0.39 is 0 Å². The van der Waals surface area contributed by atoms with Gasteiger partial charge in [-0.25, -0.2) is 0 Å². The number of rotatable bonds is 4. The summed E-state index contributed by atoms with van der Waals surface area (Å²) in [5.74, 6) is 1.69. The third-order valence-electron chi connectivity index (χ3n) is 4.57. The molecular weight excluding hydrogens is 336 g/mol. The number of benzene rings is 2. The Kier molecular flexibility index (Phi) is 4.28. The molecule has 0 saturated heterocycles. The van der Waals surface area contributed by atoms with E-state index in [9.17, 15) is 0 Å². The van der Waals surface area contributed by atoms with Gasteiger partial charge in [-0.3, -0.25) is 10.2 Å². The van der Waals surface area contributed by atoms with Crippen LogP contribution in [0, 0.1) is 27.7 Å². The molecule has 0 radical (unpaired) electrons. The summed E-state index contributed by atoms with van der Waals surface area (Å²) in [7, 11) is 0. The van der Waals surface area contributed by atoms with Gasteiger partial charge in [0.25, 0.3) is 0 Å². The summed E-state index contributed by atoms with van der Waals surface area (Å²) < 4.78 is 6.18. The van der Waals surface area contributed by atoms with Crippen molar-refractivity contribution in [1.82, 2.24) is 20.4 Å². The van der Waals surface area contributed by atoms with Crippen LogP contribution >= 0.6 is 0 Å². The Bertz CT molecular complexity index is 1020. The van der Waals surface area contributed by atoms with Crippen LogP contribution in [0.4, 0.5) is 0 Å². The van der Waals surface area contributed by atoms with Crippen LogP contribution in [-0.2, 0) is 0 Å². The van der Waals surface area contributed by atoms with Crippen LogP contribution in [0.2, 0.25) is 0 Å². The number of ether oxygens (including phenoxy) is 1. The molecule has 0 aliphatic rings. The molecule has 0 bridgehead atoms. The smallest absolute Gasteiger partial charge is 0.130 e. The van der Waals surface area contributed by atoms with E-state index in [1.54, 1.807) is 0 Å². The molecule has 2 N–H and O–H groups in total. The van der Waals surface area contributed by atoms with Gasteiger partial charge in [-0.2, -0.15) is 10.2 Å². The number of hydrogen-bond acceptors (Lipinski definition) is 3. The van der Waals surface area contributed by atoms with Gasteiger partial charge in [-0.1, -0.05) is 0 Å². The van der Waals surface area contributed by atoms with Gasteiger partial charge in [-0.15, -0.1) is 0 Å². The largest absolute Gasteiger partial charge is 0.457 e. The van der Waals surface area contributed by atoms with Crippen LogP contribution in [0.1, 0.15) is 22.5 Å². The Morgan fingerprint density at radius 1 is 0.630 bits per heavy atom. The average molecular weight is 358 g/mol. The zero-order valence-corrected chi connectivity index (χ0v) is 15.9. The maximum atomic E-state index is 6.18. The molecule has 0 atom stereocenters. The van der Waals surface area contributed by atoms with E-state index in [-0.39, 0.29) is 0 Å². The Morgan fingerprint density at radius 2 is 1.07 bits per heavy atom. The first-order valence-corrected chi connectivity index (χ1v) is 8.93. The second-order valence-corrected chi connectivity index (χ2v) is 6.94. The molecule has 2 aromatic carbocycles. The minimum atomic E-state index is 0.845. The number of aryl methyl sites for hydroxylation is 4. The van der Waals surface area contributed by atoms with E-state index >= 15 is 0 Å². The molecule has 2 heterocycles. The summed E-state index contributed by atoms with van der Waals surface area (Å²) in [6, 6.07) is 16.3. The number of hydrogen-bond donors (Lipinski definition) is 2. The number of H-pyrrole nitrogens is 2. The van der Waals surface area contributed by atoms with Crippen molar-refractivity contribution in [1.29, 1.82) is 0 Å². The van der Waals surface area contributed by atoms with E-state index in [0.717, 1.165) is 56.5 Å². The molecule has 5 heteroatoms. The molecular formula is C22H22N4O. The van der Waals surface area contributed by atoms with Gasteiger partial charge in [0.1, 0.15) is 11.5 Å². The lowest BCUT2D eigenvalue weighted by Gasteiger charge is -2.12. The van der Waals surface area contributed by atoms with E-state index in [4.69, 9.17) is 4.74 Å². The Labute approximate surface area is 158 Å². The fraction of sp³-hybridized carbons (Fsp3) is 0.182. The SMILES string of the molecule is Cc1cc(-c2ccc(Oc3ccc(-c4cc(C)[nH]n4)cc3C)c(C)c2)n[nH]1. The van der Waals surface area contributed by atoms with Crippen molar-refractivity contribution < 1.29 is 4.74 Å². The Morgan fingerprint density at radius 3 is 1.41 bits per heavy atom. The van der Waals surface area contributed by atoms with Crippen LogP contribution in [-0.4, -0.2) is 20.4 Å². The predicted octanol–water partition coefficient (Wildman–Crippen LogP) is 5.49. The molecule has 27 heavy (non-hydrogen) atoms. The highest BCUT2D eigenvalue weighted by Crippen LogP contribution is 2.32. The molecule has 0 amide bonds. The summed E-state index contributed by atoms with van der Waals surface area (Å²) in [6.45, 7) is 8.10. The molecule has 5 nitrogen and oxygen atoms in total. The highest BCUT2D eigenvalue weighted by molar-refractivity contribution is 5.64. The number of nitrogens with one attached hydrogen (secondary N) is 2. The zero-order chi connectivity index (χ0) is 19.0. The Balaban J connectivity index is 1.58. The normalized spacial score (nSPS) is 11.0. The van der Waals surface area contributed by atoms with Gasteiger partial charge < -0.3 is 4.74 Å². The zero-order valence-electron chi connectivity index (χ0n) is 15.9. The van der Waals surface area contributed by atoms with Crippen LogP contribution in [0.5, 0.6) is 11.5 Å². The van der Waals surface area contributed by atoms with Crippen molar-refractivity contribution in [3.8, 4) is 34.0 Å². The first-order valence-electron chi connectivity index (χ1n) is 8.93. The summed E-state index contributed by atoms with van der Waals surface area (Å²) in [4.78, 5) is 0. The number of nitrogens with zero attached hydrogens (tertiary/aromatic N) is 2. The third kappa shape index (κ3) is 3.49. The van der Waals surface area contributed by atoms with E-state index in [1.165, 1.54) is 0 Å². The highest BCUT2D eigenvalue weighted by Gasteiger charge is 2.10. The van der Waals surface area contributed by atoms with Gasteiger partial charge in [0.05, 0.1) is 11.4 Å². The summed E-state index contributed by atoms with van der Waals surface area (Å²) in [6.07, 6.45) is 0. The van der Waals surface area contributed by atoms with Crippen molar-refractivity contribution in [3.05, 3.63) is 71.0 Å². The van der Waals surface area contributed by atoms with Gasteiger partial charge in [-0.05, 0) is 87.4 Å². The number of aromatic amines is 2. The quantitative estimate of drug-likeness (QED) is 0.507. The monoisotopic (exact) mass is 358 g/mol. The van der Waals surface area contributed by atoms with Crippen LogP contribution in [0.3, 0.4) is 0 Å². The second kappa shape index (κ2) is 6.76. The van der Waals surface area contributed by atoms with E-state index in [1.807, 2.05) is 50.2 Å². The van der Waals surface area contributed by atoms with Crippen molar-refractivity contribution in [3.63, 3.8) is 0 Å².